The number of pyridine rings is 1. The molecule has 0 aliphatic carbocycles. The van der Waals surface area contributed by atoms with Crippen molar-refractivity contribution in [2.24, 2.45) is 0 Å². The van der Waals surface area contributed by atoms with Gasteiger partial charge < -0.3 is 0 Å². The van der Waals surface area contributed by atoms with Gasteiger partial charge in [-0.25, -0.2) is 0 Å². The van der Waals surface area contributed by atoms with Gasteiger partial charge in [0, 0.05) is 11.1 Å². The Kier molecular flexibility index (Phi) is 3.23. The third-order valence-corrected chi connectivity index (χ3v) is 2.95. The highest BCUT2D eigenvalue weighted by molar-refractivity contribution is 5.82. The Balaban J connectivity index is 2.55. The Morgan fingerprint density at radius 1 is 1.12 bits per heavy atom. The number of hydrogen-bond donors (Lipinski definition) is 0. The molecule has 1 aromatic carbocycles. The molecule has 0 fully saturated rings. The second kappa shape index (κ2) is 4.65. The SMILES string of the molecule is CCCc1ccc2c(C(C)C)cccc2n1. The average molecular weight is 213 g/mol. The standard InChI is InChI=1S/C15H19N/c1-4-6-12-9-10-14-13(11(2)3)7-5-8-15(14)16-12/h5,7-11H,4,6H2,1-3H3. The molecule has 1 heterocycles. The first-order valence-corrected chi connectivity index (χ1v) is 6.11. The fourth-order valence-electron chi connectivity index (χ4n) is 2.12. The van der Waals surface area contributed by atoms with Crippen LogP contribution in [0, 0.1) is 0 Å². The maximum absolute atomic E-state index is 4.71. The minimum absolute atomic E-state index is 0.558. The molecule has 1 aromatic heterocycles. The molecule has 84 valence electrons. The van der Waals surface area contributed by atoms with E-state index in [1.807, 2.05) is 0 Å². The Hall–Kier alpha value is -1.37. The number of benzene rings is 1. The van der Waals surface area contributed by atoms with Gasteiger partial charge in [0.25, 0.3) is 0 Å². The van der Waals surface area contributed by atoms with Crippen LogP contribution in [0.15, 0.2) is 30.3 Å². The van der Waals surface area contributed by atoms with Gasteiger partial charge in [0.1, 0.15) is 0 Å². The van der Waals surface area contributed by atoms with Crippen LogP contribution >= 0.6 is 0 Å². The Morgan fingerprint density at radius 2 is 1.94 bits per heavy atom. The lowest BCUT2D eigenvalue weighted by Gasteiger charge is -2.10. The van der Waals surface area contributed by atoms with Crippen LogP contribution in [0.4, 0.5) is 0 Å². The van der Waals surface area contributed by atoms with Gasteiger partial charge in [0.05, 0.1) is 5.52 Å². The zero-order valence-corrected chi connectivity index (χ0v) is 10.3. The highest BCUT2D eigenvalue weighted by atomic mass is 14.7. The number of rotatable bonds is 3. The van der Waals surface area contributed by atoms with Crippen molar-refractivity contribution in [2.45, 2.75) is 39.5 Å². The first kappa shape index (κ1) is 11.1. The van der Waals surface area contributed by atoms with Gasteiger partial charge in [-0.05, 0) is 30.0 Å². The minimum Gasteiger partial charge on any atom is -0.253 e. The normalized spacial score (nSPS) is 11.2. The van der Waals surface area contributed by atoms with Crippen LogP contribution in [0.1, 0.15) is 44.4 Å². The quantitative estimate of drug-likeness (QED) is 0.740. The summed E-state index contributed by atoms with van der Waals surface area (Å²) in [6.45, 7) is 6.65. The van der Waals surface area contributed by atoms with E-state index >= 15 is 0 Å². The van der Waals surface area contributed by atoms with Gasteiger partial charge in [0.15, 0.2) is 0 Å². The minimum atomic E-state index is 0.558. The van der Waals surface area contributed by atoms with E-state index < -0.39 is 0 Å². The second-order valence-corrected chi connectivity index (χ2v) is 4.62. The maximum Gasteiger partial charge on any atom is 0.0708 e. The molecular formula is C15H19N. The highest BCUT2D eigenvalue weighted by Gasteiger charge is 2.05. The van der Waals surface area contributed by atoms with Gasteiger partial charge in [0.2, 0.25) is 0 Å². The summed E-state index contributed by atoms with van der Waals surface area (Å²) in [5.41, 5.74) is 3.74. The number of fused-ring (bicyclic) bond motifs is 1. The summed E-state index contributed by atoms with van der Waals surface area (Å²) in [4.78, 5) is 4.71. The van der Waals surface area contributed by atoms with E-state index in [4.69, 9.17) is 4.98 Å². The summed E-state index contributed by atoms with van der Waals surface area (Å²) >= 11 is 0. The number of hydrogen-bond acceptors (Lipinski definition) is 1. The van der Waals surface area contributed by atoms with Crippen LogP contribution in [0.3, 0.4) is 0 Å². The molecule has 0 bridgehead atoms. The smallest absolute Gasteiger partial charge is 0.0708 e. The monoisotopic (exact) mass is 213 g/mol. The van der Waals surface area contributed by atoms with Crippen molar-refractivity contribution < 1.29 is 0 Å². The van der Waals surface area contributed by atoms with Crippen LogP contribution in [0.5, 0.6) is 0 Å². The summed E-state index contributed by atoms with van der Waals surface area (Å²) in [6, 6.07) is 10.8. The van der Waals surface area contributed by atoms with Crippen LogP contribution < -0.4 is 0 Å². The molecule has 0 spiro atoms. The fourth-order valence-corrected chi connectivity index (χ4v) is 2.12. The van der Waals surface area contributed by atoms with E-state index in [0.29, 0.717) is 5.92 Å². The molecule has 0 amide bonds. The van der Waals surface area contributed by atoms with Crippen LogP contribution in [-0.4, -0.2) is 4.98 Å². The fraction of sp³-hybridized carbons (Fsp3) is 0.400. The Morgan fingerprint density at radius 3 is 2.62 bits per heavy atom. The molecule has 0 N–H and O–H groups in total. The van der Waals surface area contributed by atoms with Gasteiger partial charge in [-0.15, -0.1) is 0 Å². The summed E-state index contributed by atoms with van der Waals surface area (Å²) in [5, 5.41) is 1.30. The van der Waals surface area contributed by atoms with Crippen molar-refractivity contribution in [2.75, 3.05) is 0 Å². The molecule has 16 heavy (non-hydrogen) atoms. The predicted octanol–water partition coefficient (Wildman–Crippen LogP) is 4.31. The molecule has 2 aromatic rings. The molecule has 1 heteroatoms. The average Bonchev–Trinajstić information content (AvgIpc) is 2.28. The van der Waals surface area contributed by atoms with E-state index in [2.05, 4.69) is 51.1 Å². The molecule has 0 aliphatic heterocycles. The molecule has 1 nitrogen and oxygen atoms in total. The summed E-state index contributed by atoms with van der Waals surface area (Å²) in [6.07, 6.45) is 2.23. The summed E-state index contributed by atoms with van der Waals surface area (Å²) in [7, 11) is 0. The van der Waals surface area contributed by atoms with Gasteiger partial charge in [-0.3, -0.25) is 4.98 Å². The van der Waals surface area contributed by atoms with Crippen molar-refractivity contribution in [3.8, 4) is 0 Å². The largest absolute Gasteiger partial charge is 0.253 e. The second-order valence-electron chi connectivity index (χ2n) is 4.62. The number of nitrogens with zero attached hydrogens (tertiary/aromatic N) is 1. The van der Waals surface area contributed by atoms with Crippen molar-refractivity contribution in [1.82, 2.24) is 4.98 Å². The van der Waals surface area contributed by atoms with E-state index in [-0.39, 0.29) is 0 Å². The van der Waals surface area contributed by atoms with Crippen molar-refractivity contribution in [3.63, 3.8) is 0 Å². The Labute approximate surface area is 97.5 Å². The van der Waals surface area contributed by atoms with E-state index in [9.17, 15) is 0 Å². The summed E-state index contributed by atoms with van der Waals surface area (Å²) in [5.74, 6) is 0.558. The van der Waals surface area contributed by atoms with E-state index in [1.165, 1.54) is 16.6 Å². The molecular weight excluding hydrogens is 194 g/mol. The zero-order chi connectivity index (χ0) is 11.5. The van der Waals surface area contributed by atoms with Gasteiger partial charge in [-0.2, -0.15) is 0 Å². The molecule has 0 atom stereocenters. The molecule has 0 aliphatic rings. The molecule has 0 radical (unpaired) electrons. The summed E-state index contributed by atoms with van der Waals surface area (Å²) < 4.78 is 0. The van der Waals surface area contributed by atoms with E-state index in [1.54, 1.807) is 0 Å². The molecule has 0 saturated carbocycles. The highest BCUT2D eigenvalue weighted by Crippen LogP contribution is 2.24. The van der Waals surface area contributed by atoms with Crippen molar-refractivity contribution in [3.05, 3.63) is 41.6 Å². The lowest BCUT2D eigenvalue weighted by molar-refractivity contribution is 0.871. The van der Waals surface area contributed by atoms with E-state index in [0.717, 1.165) is 18.4 Å². The van der Waals surface area contributed by atoms with Crippen LogP contribution in [0.2, 0.25) is 0 Å². The lowest BCUT2D eigenvalue weighted by atomic mass is 9.98. The first-order valence-electron chi connectivity index (χ1n) is 6.11. The molecule has 2 rings (SSSR count). The van der Waals surface area contributed by atoms with Gasteiger partial charge in [-0.1, -0.05) is 45.4 Å². The molecule has 0 unspecified atom stereocenters. The van der Waals surface area contributed by atoms with Crippen LogP contribution in [0.25, 0.3) is 10.9 Å². The van der Waals surface area contributed by atoms with Gasteiger partial charge >= 0.3 is 0 Å². The third kappa shape index (κ3) is 2.08. The Bertz CT molecular complexity index is 486. The predicted molar refractivity (Wildman–Crippen MR) is 69.8 cm³/mol. The topological polar surface area (TPSA) is 12.9 Å². The van der Waals surface area contributed by atoms with Crippen LogP contribution in [-0.2, 0) is 6.42 Å². The zero-order valence-electron chi connectivity index (χ0n) is 10.3. The van der Waals surface area contributed by atoms with Crippen molar-refractivity contribution >= 4 is 10.9 Å². The molecule has 0 saturated heterocycles. The lowest BCUT2D eigenvalue weighted by Crippen LogP contribution is -1.94. The number of aryl methyl sites for hydroxylation is 1. The first-order chi connectivity index (χ1) is 7.72. The third-order valence-electron chi connectivity index (χ3n) is 2.95. The van der Waals surface area contributed by atoms with Crippen molar-refractivity contribution in [1.29, 1.82) is 0 Å². The maximum atomic E-state index is 4.71. The number of aromatic nitrogens is 1.